The van der Waals surface area contributed by atoms with E-state index in [-0.39, 0.29) is 29.1 Å². The fraction of sp³-hybridized carbons (Fsp3) is 0.375. The van der Waals surface area contributed by atoms with Gasteiger partial charge >= 0.3 is 5.97 Å². The molecular weight excluding hydrogens is 580 g/mol. The molecule has 10 heteroatoms. The third kappa shape index (κ3) is 4.07. The summed E-state index contributed by atoms with van der Waals surface area (Å²) in [4.78, 5) is 28.9. The Bertz CT molecular complexity index is 1610. The first-order valence-electron chi connectivity index (χ1n) is 14.1. The number of esters is 1. The molecule has 1 spiro atoms. The molecule has 42 heavy (non-hydrogen) atoms. The lowest BCUT2D eigenvalue weighted by Gasteiger charge is -2.41. The van der Waals surface area contributed by atoms with E-state index in [4.69, 9.17) is 32.7 Å². The van der Waals surface area contributed by atoms with Gasteiger partial charge in [0.2, 0.25) is 5.91 Å². The molecule has 3 aromatic rings. The Morgan fingerprint density at radius 2 is 1.93 bits per heavy atom. The van der Waals surface area contributed by atoms with E-state index in [1.54, 1.807) is 30.3 Å². The predicted molar refractivity (Wildman–Crippen MR) is 158 cm³/mol. The van der Waals surface area contributed by atoms with Crippen molar-refractivity contribution in [2.45, 2.75) is 48.8 Å². The van der Waals surface area contributed by atoms with Crippen LogP contribution in [0.1, 0.15) is 58.3 Å². The van der Waals surface area contributed by atoms with E-state index in [2.05, 4.69) is 15.5 Å². The molecule has 1 saturated carbocycles. The fourth-order valence-corrected chi connectivity index (χ4v) is 7.85. The van der Waals surface area contributed by atoms with Crippen molar-refractivity contribution in [3.63, 3.8) is 0 Å². The summed E-state index contributed by atoms with van der Waals surface area (Å²) in [7, 11) is 2.85. The van der Waals surface area contributed by atoms with E-state index in [0.717, 1.165) is 24.0 Å². The minimum atomic E-state index is -1.15. The van der Waals surface area contributed by atoms with Crippen LogP contribution >= 0.6 is 23.2 Å². The summed E-state index contributed by atoms with van der Waals surface area (Å²) < 4.78 is 26.4. The molecule has 2 N–H and O–H groups in total. The van der Waals surface area contributed by atoms with Crippen molar-refractivity contribution >= 4 is 40.8 Å². The first-order chi connectivity index (χ1) is 20.3. The Morgan fingerprint density at radius 1 is 1.12 bits per heavy atom. The van der Waals surface area contributed by atoms with Crippen LogP contribution in [0.4, 0.5) is 10.1 Å². The minimum absolute atomic E-state index is 0.0206. The number of hydrogen-bond donors (Lipinski definition) is 2. The maximum atomic E-state index is 16.0. The van der Waals surface area contributed by atoms with Gasteiger partial charge in [-0.05, 0) is 66.6 Å². The average Bonchev–Trinajstić information content (AvgIpc) is 3.55. The van der Waals surface area contributed by atoms with Gasteiger partial charge in [0.15, 0.2) is 0 Å². The highest BCUT2D eigenvalue weighted by atomic mass is 35.5. The van der Waals surface area contributed by atoms with Gasteiger partial charge in [-0.3, -0.25) is 9.69 Å². The minimum Gasteiger partial charge on any atom is -0.496 e. The Morgan fingerprint density at radius 3 is 2.67 bits per heavy atom. The molecule has 3 heterocycles. The topological polar surface area (TPSA) is 79.9 Å². The summed E-state index contributed by atoms with van der Waals surface area (Å²) in [6.45, 7) is 0.717. The zero-order valence-electron chi connectivity index (χ0n) is 23.1. The Balaban J connectivity index is 1.38. The van der Waals surface area contributed by atoms with Crippen LogP contribution in [-0.4, -0.2) is 49.6 Å². The van der Waals surface area contributed by atoms with E-state index in [9.17, 15) is 9.59 Å². The number of nitrogens with zero attached hydrogens (tertiary/aromatic N) is 1. The molecule has 2 saturated heterocycles. The first kappa shape index (κ1) is 27.7. The summed E-state index contributed by atoms with van der Waals surface area (Å²) in [6, 6.07) is 15.4. The molecule has 218 valence electrons. The number of benzene rings is 3. The zero-order valence-corrected chi connectivity index (χ0v) is 24.6. The zero-order chi connectivity index (χ0) is 29.3. The molecule has 4 aliphatic rings. The lowest BCUT2D eigenvalue weighted by molar-refractivity contribution is -0.128. The molecule has 1 unspecified atom stereocenters. The molecule has 0 radical (unpaired) electrons. The van der Waals surface area contributed by atoms with Crippen LogP contribution in [0.3, 0.4) is 0 Å². The molecule has 0 aromatic heterocycles. The normalized spacial score (nSPS) is 28.1. The number of fused-ring (bicyclic) bond motifs is 3. The van der Waals surface area contributed by atoms with Crippen molar-refractivity contribution in [2.24, 2.45) is 5.92 Å². The van der Waals surface area contributed by atoms with Crippen molar-refractivity contribution in [3.8, 4) is 5.75 Å². The molecular formula is C32H30Cl2FN3O4. The predicted octanol–water partition coefficient (Wildman–Crippen LogP) is 6.06. The molecule has 3 aromatic carbocycles. The quantitative estimate of drug-likeness (QED) is 0.331. The maximum absolute atomic E-state index is 16.0. The largest absolute Gasteiger partial charge is 0.496 e. The van der Waals surface area contributed by atoms with E-state index < -0.39 is 23.2 Å². The smallest absolute Gasteiger partial charge is 0.341 e. The van der Waals surface area contributed by atoms with Crippen molar-refractivity contribution in [2.75, 3.05) is 26.1 Å². The van der Waals surface area contributed by atoms with Gasteiger partial charge in [-0.2, -0.15) is 0 Å². The number of ether oxygens (including phenoxy) is 2. The third-order valence-corrected chi connectivity index (χ3v) is 9.96. The second-order valence-electron chi connectivity index (χ2n) is 11.6. The van der Waals surface area contributed by atoms with Crippen LogP contribution in [0.15, 0.2) is 54.6 Å². The van der Waals surface area contributed by atoms with Crippen molar-refractivity contribution < 1.29 is 23.5 Å². The van der Waals surface area contributed by atoms with Gasteiger partial charge in [-0.15, -0.1) is 0 Å². The molecule has 1 amide bonds. The first-order valence-corrected chi connectivity index (χ1v) is 14.9. The molecule has 3 fully saturated rings. The summed E-state index contributed by atoms with van der Waals surface area (Å²) in [5, 5.41) is 7.42. The van der Waals surface area contributed by atoms with Gasteiger partial charge in [0, 0.05) is 46.9 Å². The van der Waals surface area contributed by atoms with Crippen LogP contribution < -0.4 is 15.4 Å². The highest BCUT2D eigenvalue weighted by Crippen LogP contribution is 2.61. The van der Waals surface area contributed by atoms with Crippen molar-refractivity contribution in [3.05, 3.63) is 92.7 Å². The maximum Gasteiger partial charge on any atom is 0.341 e. The number of nitrogens with one attached hydrogen (secondary N) is 2. The van der Waals surface area contributed by atoms with Crippen LogP contribution in [-0.2, 0) is 15.1 Å². The number of carbonyl (C=O) groups excluding carboxylic acids is 2. The molecule has 5 atom stereocenters. The molecule has 1 aliphatic carbocycles. The van der Waals surface area contributed by atoms with Gasteiger partial charge in [-0.25, -0.2) is 9.18 Å². The van der Waals surface area contributed by atoms with E-state index in [1.165, 1.54) is 20.3 Å². The molecule has 0 bridgehead atoms. The van der Waals surface area contributed by atoms with Crippen LogP contribution in [0.25, 0.3) is 0 Å². The third-order valence-electron chi connectivity index (χ3n) is 9.44. The SMILES string of the molecule is COC(=O)c1ccc(C2C[C@H]3[C@@H](N2)[C@H](c2cccc(Cl)c2F)[C@]2(C(=O)Nc4cc(Cl)ccc42)N3CC2CC2)cc1OC. The number of hydrogen-bond acceptors (Lipinski definition) is 6. The Labute approximate surface area is 253 Å². The molecule has 7 rings (SSSR count). The fourth-order valence-electron chi connectivity index (χ4n) is 7.50. The van der Waals surface area contributed by atoms with E-state index in [0.29, 0.717) is 46.5 Å². The summed E-state index contributed by atoms with van der Waals surface area (Å²) in [6.07, 6.45) is 2.87. The van der Waals surface area contributed by atoms with Gasteiger partial charge in [0.1, 0.15) is 22.7 Å². The van der Waals surface area contributed by atoms with Gasteiger partial charge in [0.05, 0.1) is 19.2 Å². The molecule has 7 nitrogen and oxygen atoms in total. The highest BCUT2D eigenvalue weighted by molar-refractivity contribution is 6.31. The number of amides is 1. The summed E-state index contributed by atoms with van der Waals surface area (Å²) >= 11 is 12.7. The number of halogens is 3. The van der Waals surface area contributed by atoms with Gasteiger partial charge < -0.3 is 20.1 Å². The number of anilines is 1. The monoisotopic (exact) mass is 609 g/mol. The Kier molecular flexibility index (Phi) is 6.73. The lowest BCUT2D eigenvalue weighted by atomic mass is 9.73. The van der Waals surface area contributed by atoms with Crippen LogP contribution in [0.2, 0.25) is 10.0 Å². The number of methoxy groups -OCH3 is 2. The van der Waals surface area contributed by atoms with Crippen LogP contribution in [0, 0.1) is 11.7 Å². The van der Waals surface area contributed by atoms with Crippen molar-refractivity contribution in [1.82, 2.24) is 10.2 Å². The Hall–Kier alpha value is -3.17. The molecule has 3 aliphatic heterocycles. The number of likely N-dealkylation sites (tertiary alicyclic amines) is 1. The highest BCUT2D eigenvalue weighted by Gasteiger charge is 2.69. The van der Waals surface area contributed by atoms with Crippen molar-refractivity contribution in [1.29, 1.82) is 0 Å². The summed E-state index contributed by atoms with van der Waals surface area (Å²) in [5.74, 6) is -0.865. The lowest BCUT2D eigenvalue weighted by Crippen LogP contribution is -2.53. The van der Waals surface area contributed by atoms with E-state index >= 15 is 4.39 Å². The van der Waals surface area contributed by atoms with Gasteiger partial charge in [-0.1, -0.05) is 47.5 Å². The second-order valence-corrected chi connectivity index (χ2v) is 12.5. The van der Waals surface area contributed by atoms with E-state index in [1.807, 2.05) is 18.2 Å². The van der Waals surface area contributed by atoms with Gasteiger partial charge in [0.25, 0.3) is 0 Å². The summed E-state index contributed by atoms with van der Waals surface area (Å²) in [5.41, 5.74) is 1.99. The standard InChI is InChI=1S/C32H30Cl2FN3O4/c1-41-26-12-17(8-10-19(26)30(39)42-2)23-14-25-29(36-23)27(20-4-3-5-22(34)28(20)35)32(38(25)15-16-6-7-16)21-11-9-18(33)13-24(21)37-31(32)40/h3-5,8-13,16,23,25,27,29,36H,6-7,14-15H2,1-2H3,(H,37,40)/t23?,25-,27-,29+,32+/m0/s1. The van der Waals surface area contributed by atoms with Crippen LogP contribution in [0.5, 0.6) is 5.75 Å². The second kappa shape index (κ2) is 10.2. The average molecular weight is 611 g/mol. The number of carbonyl (C=O) groups is 2. The number of rotatable bonds is 6.